The van der Waals surface area contributed by atoms with Gasteiger partial charge in [-0.25, -0.2) is 0 Å². The van der Waals surface area contributed by atoms with Gasteiger partial charge < -0.3 is 14.4 Å². The predicted molar refractivity (Wildman–Crippen MR) is 378 cm³/mol. The van der Waals surface area contributed by atoms with Crippen LogP contribution in [0.15, 0.2) is 308 Å². The van der Waals surface area contributed by atoms with Crippen LogP contribution in [-0.4, -0.2) is 17.5 Å². The van der Waals surface area contributed by atoms with Gasteiger partial charge in [-0.15, -0.1) is 11.8 Å². The monoisotopic (exact) mass is 1140 g/mol. The van der Waals surface area contributed by atoms with Gasteiger partial charge in [-0.05, 0) is 133 Å². The first-order valence-electron chi connectivity index (χ1n) is 30.5. The minimum Gasteiger partial charge on any atom is -0.310 e. The second-order valence-electron chi connectivity index (χ2n) is 24.3. The topological polar surface area (TPSA) is 11.4 Å². The van der Waals surface area contributed by atoms with E-state index in [1.807, 2.05) is 0 Å². The van der Waals surface area contributed by atoms with E-state index in [4.69, 9.17) is 0 Å². The molecule has 0 spiro atoms. The number of hydrogen-bond donors (Lipinski definition) is 0. The molecular weight excluding hydrogens is 1080 g/mol. The van der Waals surface area contributed by atoms with Crippen LogP contribution in [0.2, 0.25) is 0 Å². The van der Waals surface area contributed by atoms with E-state index in [-0.39, 0.29) is 12.1 Å². The van der Waals surface area contributed by atoms with Crippen molar-refractivity contribution in [2.24, 2.45) is 0 Å². The summed E-state index contributed by atoms with van der Waals surface area (Å²) >= 11 is 1.80. The Bertz CT molecular complexity index is 4620. The number of fused-ring (bicyclic) bond motifs is 7. The van der Waals surface area contributed by atoms with Crippen molar-refractivity contribution in [3.05, 3.63) is 309 Å². The molecule has 3 heterocycles. The lowest BCUT2D eigenvalue weighted by atomic mass is 9.33. The van der Waals surface area contributed by atoms with E-state index in [0.717, 1.165) is 89.8 Å². The summed E-state index contributed by atoms with van der Waals surface area (Å²) in [5, 5.41) is 2.49. The van der Waals surface area contributed by atoms with Crippen molar-refractivity contribution in [2.75, 3.05) is 16.1 Å². The zero-order valence-corrected chi connectivity index (χ0v) is 50.5. The van der Waals surface area contributed by atoms with Gasteiger partial charge in [0.25, 0.3) is 6.71 Å². The number of benzene rings is 13. The number of aromatic nitrogens is 1. The lowest BCUT2D eigenvalue weighted by molar-refractivity contribution is 0.591. The average Bonchev–Trinajstić information content (AvgIpc) is 3.56. The van der Waals surface area contributed by atoms with Crippen molar-refractivity contribution in [1.29, 1.82) is 0 Å². The van der Waals surface area contributed by atoms with Gasteiger partial charge in [-0.2, -0.15) is 0 Å². The van der Waals surface area contributed by atoms with Crippen LogP contribution >= 0.6 is 11.8 Å². The third-order valence-electron chi connectivity index (χ3n) is 18.2. The zero-order chi connectivity index (χ0) is 59.0. The highest BCUT2D eigenvalue weighted by Gasteiger charge is 2.46. The Labute approximate surface area is 520 Å². The highest BCUT2D eigenvalue weighted by atomic mass is 32.2. The minimum atomic E-state index is -0.214. The van der Waals surface area contributed by atoms with E-state index in [0.29, 0.717) is 0 Å². The smallest absolute Gasteiger partial charge is 0.252 e. The first-order valence-corrected chi connectivity index (χ1v) is 31.8. The molecule has 0 unspecified atom stereocenters. The summed E-state index contributed by atoms with van der Waals surface area (Å²) in [6, 6.07) is 114. The average molecular weight is 1140 g/mol. The molecule has 88 heavy (non-hydrogen) atoms. The summed E-state index contributed by atoms with van der Waals surface area (Å²) in [6.07, 6.45) is 2.18. The van der Waals surface area contributed by atoms with Crippen molar-refractivity contribution >= 4 is 90.8 Å². The van der Waals surface area contributed by atoms with Crippen LogP contribution in [0.1, 0.15) is 26.3 Å². The molecule has 5 heteroatoms. The summed E-state index contributed by atoms with van der Waals surface area (Å²) in [5.74, 6) is 0. The SMILES string of the molecule is CSc1ccc2c(c1)c1cc(C(C)(C)C)ccc1n2-c1cc2c3c(c1)N(c1c(-c4ccccc4)cccc1-c1ccccc1)c1ccc(-c4ccccc4)cc1B3c1cc(-c3ccccc3)ccc1N2c1c(-c2ccccc2)cccc1-c1ccccc1. The third kappa shape index (κ3) is 8.91. The molecule has 16 rings (SSSR count). The first kappa shape index (κ1) is 53.2. The number of rotatable bonds is 10. The summed E-state index contributed by atoms with van der Waals surface area (Å²) < 4.78 is 2.56. The van der Waals surface area contributed by atoms with Gasteiger partial charge >= 0.3 is 0 Å². The molecule has 0 N–H and O–H groups in total. The summed E-state index contributed by atoms with van der Waals surface area (Å²) in [4.78, 5) is 6.57. The number of hydrogen-bond acceptors (Lipinski definition) is 3. The molecule has 2 aliphatic rings. The van der Waals surface area contributed by atoms with Gasteiger partial charge in [0.2, 0.25) is 0 Å². The Morgan fingerprint density at radius 3 is 1.08 bits per heavy atom. The van der Waals surface area contributed by atoms with Crippen molar-refractivity contribution < 1.29 is 0 Å². The second kappa shape index (κ2) is 21.6. The normalized spacial score (nSPS) is 12.5. The van der Waals surface area contributed by atoms with Gasteiger partial charge in [0.15, 0.2) is 0 Å². The number of anilines is 6. The van der Waals surface area contributed by atoms with Crippen LogP contribution in [0.3, 0.4) is 0 Å². The number of thioether (sulfide) groups is 1. The maximum Gasteiger partial charge on any atom is 0.252 e. The molecule has 0 fully saturated rings. The summed E-state index contributed by atoms with van der Waals surface area (Å²) in [5.41, 5.74) is 29.1. The minimum absolute atomic E-state index is 0.0571. The van der Waals surface area contributed by atoms with Crippen LogP contribution < -0.4 is 26.2 Å². The molecule has 3 nitrogen and oxygen atoms in total. The van der Waals surface area contributed by atoms with Gasteiger partial charge in [0.05, 0.1) is 28.1 Å². The van der Waals surface area contributed by atoms with Gasteiger partial charge in [-0.1, -0.05) is 269 Å². The Morgan fingerprint density at radius 2 is 0.693 bits per heavy atom. The van der Waals surface area contributed by atoms with Crippen molar-refractivity contribution in [1.82, 2.24) is 4.57 Å². The lowest BCUT2D eigenvalue weighted by Crippen LogP contribution is -2.61. The molecule has 418 valence electrons. The van der Waals surface area contributed by atoms with Crippen LogP contribution in [0.4, 0.5) is 34.1 Å². The highest BCUT2D eigenvalue weighted by Crippen LogP contribution is 2.54. The fraction of sp³-hybridized carbons (Fsp3) is 0.0602. The van der Waals surface area contributed by atoms with Crippen LogP contribution in [0.5, 0.6) is 0 Å². The molecule has 0 atom stereocenters. The number of nitrogens with zero attached hydrogens (tertiary/aromatic N) is 3. The first-order chi connectivity index (χ1) is 43.3. The van der Waals surface area contributed by atoms with Crippen LogP contribution in [0.25, 0.3) is 94.3 Å². The van der Waals surface area contributed by atoms with Crippen LogP contribution in [0, 0.1) is 0 Å². The molecule has 0 aliphatic carbocycles. The zero-order valence-electron chi connectivity index (χ0n) is 49.7. The maximum absolute atomic E-state index is 2.66. The molecule has 0 radical (unpaired) electrons. The molecule has 13 aromatic carbocycles. The van der Waals surface area contributed by atoms with Crippen LogP contribution in [-0.2, 0) is 5.41 Å². The molecule has 0 bridgehead atoms. The summed E-state index contributed by atoms with van der Waals surface area (Å²) in [7, 11) is 0. The Kier molecular flexibility index (Phi) is 13.0. The molecule has 2 aliphatic heterocycles. The van der Waals surface area contributed by atoms with E-state index in [2.05, 4.69) is 345 Å². The molecular formula is C83H62BN3S. The molecule has 0 amide bonds. The van der Waals surface area contributed by atoms with Crippen molar-refractivity contribution in [3.8, 4) is 72.4 Å². The maximum atomic E-state index is 2.66. The van der Waals surface area contributed by atoms with Crippen molar-refractivity contribution in [3.63, 3.8) is 0 Å². The molecule has 14 aromatic rings. The highest BCUT2D eigenvalue weighted by molar-refractivity contribution is 7.98. The van der Waals surface area contributed by atoms with E-state index in [1.54, 1.807) is 11.8 Å². The Morgan fingerprint density at radius 1 is 0.318 bits per heavy atom. The third-order valence-corrected chi connectivity index (χ3v) is 18.9. The largest absolute Gasteiger partial charge is 0.310 e. The van der Waals surface area contributed by atoms with E-state index >= 15 is 0 Å². The van der Waals surface area contributed by atoms with Gasteiger partial charge in [-0.3, -0.25) is 0 Å². The fourth-order valence-corrected chi connectivity index (χ4v) is 14.5. The Hall–Kier alpha value is -10.3. The standard InChI is InChI=1S/C83H62BN3S/c1-83(2,3)63-43-47-74-70(51-63)71-54-65(88-4)44-48-75(71)85(74)64-52-78-80-79(53-64)87(82-68(59-33-19-9-20-34-59)39-24-40-69(82)60-35-21-10-22-36-60)77-46-42-62(56-27-13-6-14-28-56)50-73(77)84(80)72-49-61(55-25-11-5-12-26-55)41-45-76(72)86(78)81-66(57-29-15-7-16-30-57)37-23-38-67(81)58-31-17-8-18-32-58/h5-54H,1-4H3. The van der Waals surface area contributed by atoms with Gasteiger partial charge in [0, 0.05) is 60.7 Å². The van der Waals surface area contributed by atoms with E-state index in [1.165, 1.54) is 65.4 Å². The molecule has 1 aromatic heterocycles. The van der Waals surface area contributed by atoms with Gasteiger partial charge in [0.1, 0.15) is 0 Å². The molecule has 0 saturated carbocycles. The van der Waals surface area contributed by atoms with Crippen molar-refractivity contribution in [2.45, 2.75) is 31.1 Å². The lowest BCUT2D eigenvalue weighted by Gasteiger charge is -2.46. The quantitative estimate of drug-likeness (QED) is 0.0999. The number of para-hydroxylation sites is 2. The second-order valence-corrected chi connectivity index (χ2v) is 25.2. The Balaban J connectivity index is 1.12. The fourth-order valence-electron chi connectivity index (χ4n) is 14.1. The summed E-state index contributed by atoms with van der Waals surface area (Å²) in [6.45, 7) is 6.76. The predicted octanol–water partition coefficient (Wildman–Crippen LogP) is 20.9. The van der Waals surface area contributed by atoms with E-state index in [9.17, 15) is 0 Å². The van der Waals surface area contributed by atoms with E-state index < -0.39 is 0 Å². The molecule has 0 saturated heterocycles.